The molecular formula is C13H16ClNO. The number of para-hydroxylation sites is 1. The lowest BCUT2D eigenvalue weighted by atomic mass is 10.1. The molecule has 0 bridgehead atoms. The van der Waals surface area contributed by atoms with Crippen LogP contribution in [0.25, 0.3) is 0 Å². The number of hydrogen-bond donors (Lipinski definition) is 0. The van der Waals surface area contributed by atoms with Crippen LogP contribution in [0.4, 0.5) is 5.69 Å². The van der Waals surface area contributed by atoms with Gasteiger partial charge in [-0.1, -0.05) is 23.7 Å². The van der Waals surface area contributed by atoms with Crippen LogP contribution in [0, 0.1) is 0 Å². The Bertz CT molecular complexity index is 376. The molecule has 0 N–H and O–H groups in total. The molecule has 86 valence electrons. The Morgan fingerprint density at radius 2 is 2.25 bits per heavy atom. The fourth-order valence-corrected chi connectivity index (χ4v) is 1.94. The van der Waals surface area contributed by atoms with Crippen LogP contribution < -0.4 is 4.90 Å². The van der Waals surface area contributed by atoms with E-state index in [2.05, 4.69) is 6.58 Å². The molecule has 0 aromatic heterocycles. The SMILES string of the molecule is C=CCCCN(C)c1c(Cl)cccc1C=O. The van der Waals surface area contributed by atoms with E-state index in [1.165, 1.54) is 0 Å². The van der Waals surface area contributed by atoms with E-state index in [1.54, 1.807) is 18.2 Å². The van der Waals surface area contributed by atoms with Crippen molar-refractivity contribution in [2.45, 2.75) is 12.8 Å². The predicted molar refractivity (Wildman–Crippen MR) is 69.5 cm³/mol. The van der Waals surface area contributed by atoms with Crippen molar-refractivity contribution in [3.8, 4) is 0 Å². The first-order chi connectivity index (χ1) is 7.70. The van der Waals surface area contributed by atoms with Gasteiger partial charge in [-0.05, 0) is 25.0 Å². The van der Waals surface area contributed by atoms with Gasteiger partial charge >= 0.3 is 0 Å². The van der Waals surface area contributed by atoms with Gasteiger partial charge in [-0.15, -0.1) is 6.58 Å². The number of carbonyl (C=O) groups is 1. The summed E-state index contributed by atoms with van der Waals surface area (Å²) in [5, 5.41) is 0.616. The second-order valence-electron chi connectivity index (χ2n) is 3.65. The number of allylic oxidation sites excluding steroid dienone is 1. The molecule has 3 heteroatoms. The van der Waals surface area contributed by atoms with Crippen molar-refractivity contribution < 1.29 is 4.79 Å². The molecule has 1 aromatic carbocycles. The summed E-state index contributed by atoms with van der Waals surface area (Å²) in [5.41, 5.74) is 1.44. The second kappa shape index (κ2) is 6.33. The van der Waals surface area contributed by atoms with Crippen LogP contribution in [0.3, 0.4) is 0 Å². The molecule has 0 aliphatic rings. The maximum Gasteiger partial charge on any atom is 0.152 e. The molecule has 16 heavy (non-hydrogen) atoms. The van der Waals surface area contributed by atoms with Gasteiger partial charge in [0, 0.05) is 19.2 Å². The highest BCUT2D eigenvalue weighted by atomic mass is 35.5. The third kappa shape index (κ3) is 3.11. The first-order valence-corrected chi connectivity index (χ1v) is 5.64. The summed E-state index contributed by atoms with van der Waals surface area (Å²) in [6, 6.07) is 5.36. The van der Waals surface area contributed by atoms with Gasteiger partial charge in [-0.3, -0.25) is 4.79 Å². The first-order valence-electron chi connectivity index (χ1n) is 5.26. The zero-order chi connectivity index (χ0) is 12.0. The quantitative estimate of drug-likeness (QED) is 0.428. The van der Waals surface area contributed by atoms with Crippen molar-refractivity contribution in [1.82, 2.24) is 0 Å². The van der Waals surface area contributed by atoms with Gasteiger partial charge < -0.3 is 4.90 Å². The van der Waals surface area contributed by atoms with Crippen LogP contribution in [0.1, 0.15) is 23.2 Å². The Labute approximate surface area is 102 Å². The van der Waals surface area contributed by atoms with Crippen LogP contribution in [0.2, 0.25) is 5.02 Å². The Hall–Kier alpha value is -1.28. The third-order valence-electron chi connectivity index (χ3n) is 2.43. The number of unbranched alkanes of at least 4 members (excludes halogenated alkanes) is 1. The van der Waals surface area contributed by atoms with E-state index in [0.717, 1.165) is 31.4 Å². The van der Waals surface area contributed by atoms with Crippen molar-refractivity contribution in [3.05, 3.63) is 41.4 Å². The number of aldehydes is 1. The highest BCUT2D eigenvalue weighted by Crippen LogP contribution is 2.28. The number of carbonyl (C=O) groups excluding carboxylic acids is 1. The molecule has 1 aromatic rings. The minimum Gasteiger partial charge on any atom is -0.373 e. The lowest BCUT2D eigenvalue weighted by Gasteiger charge is -2.21. The van der Waals surface area contributed by atoms with E-state index in [0.29, 0.717) is 10.6 Å². The smallest absolute Gasteiger partial charge is 0.152 e. The Balaban J connectivity index is 2.84. The number of halogens is 1. The largest absolute Gasteiger partial charge is 0.373 e. The number of hydrogen-bond acceptors (Lipinski definition) is 2. The molecule has 0 spiro atoms. The molecule has 2 nitrogen and oxygen atoms in total. The minimum atomic E-state index is 0.616. The summed E-state index contributed by atoms with van der Waals surface area (Å²) in [4.78, 5) is 12.9. The highest BCUT2D eigenvalue weighted by Gasteiger charge is 2.10. The monoisotopic (exact) mass is 237 g/mol. The number of anilines is 1. The summed E-state index contributed by atoms with van der Waals surface area (Å²) in [6.07, 6.45) is 4.70. The standard InChI is InChI=1S/C13H16ClNO/c1-3-4-5-9-15(2)13-11(10-16)7-6-8-12(13)14/h3,6-8,10H,1,4-5,9H2,2H3. The molecule has 0 unspecified atom stereocenters. The van der Waals surface area contributed by atoms with Crippen molar-refractivity contribution in [1.29, 1.82) is 0 Å². The fraction of sp³-hybridized carbons (Fsp3) is 0.308. The second-order valence-corrected chi connectivity index (χ2v) is 4.06. The summed E-state index contributed by atoms with van der Waals surface area (Å²) in [5.74, 6) is 0. The van der Waals surface area contributed by atoms with Gasteiger partial charge in [0.15, 0.2) is 6.29 Å². The van der Waals surface area contributed by atoms with Crippen LogP contribution >= 0.6 is 11.6 Å². The molecule has 0 radical (unpaired) electrons. The average molecular weight is 238 g/mol. The van der Waals surface area contributed by atoms with E-state index in [-0.39, 0.29) is 0 Å². The van der Waals surface area contributed by atoms with Crippen LogP contribution in [-0.2, 0) is 0 Å². The molecule has 0 fully saturated rings. The molecule has 0 atom stereocenters. The Morgan fingerprint density at radius 3 is 2.88 bits per heavy atom. The Kier molecular flexibility index (Phi) is 5.06. The zero-order valence-corrected chi connectivity index (χ0v) is 10.2. The van der Waals surface area contributed by atoms with E-state index < -0.39 is 0 Å². The topological polar surface area (TPSA) is 20.3 Å². The van der Waals surface area contributed by atoms with Crippen LogP contribution in [0.15, 0.2) is 30.9 Å². The van der Waals surface area contributed by atoms with E-state index >= 15 is 0 Å². The number of nitrogens with zero attached hydrogens (tertiary/aromatic N) is 1. The normalized spacial score (nSPS) is 9.88. The summed E-state index contributed by atoms with van der Waals surface area (Å²) < 4.78 is 0. The zero-order valence-electron chi connectivity index (χ0n) is 9.45. The van der Waals surface area contributed by atoms with Crippen molar-refractivity contribution in [2.75, 3.05) is 18.5 Å². The van der Waals surface area contributed by atoms with Gasteiger partial charge in [0.2, 0.25) is 0 Å². The summed E-state index contributed by atoms with van der Waals surface area (Å²) in [6.45, 7) is 4.54. The molecule has 0 saturated heterocycles. The molecule has 0 heterocycles. The molecule has 1 rings (SSSR count). The summed E-state index contributed by atoms with van der Waals surface area (Å²) >= 11 is 6.10. The van der Waals surface area contributed by atoms with Gasteiger partial charge in [0.1, 0.15) is 0 Å². The van der Waals surface area contributed by atoms with Gasteiger partial charge in [0.05, 0.1) is 10.7 Å². The lowest BCUT2D eigenvalue weighted by Crippen LogP contribution is -2.20. The van der Waals surface area contributed by atoms with Gasteiger partial charge in [0.25, 0.3) is 0 Å². The average Bonchev–Trinajstić information content (AvgIpc) is 2.28. The number of rotatable bonds is 6. The fourth-order valence-electron chi connectivity index (χ4n) is 1.61. The minimum absolute atomic E-state index is 0.616. The molecule has 0 aliphatic heterocycles. The van der Waals surface area contributed by atoms with Crippen molar-refractivity contribution in [2.24, 2.45) is 0 Å². The van der Waals surface area contributed by atoms with Crippen LogP contribution in [-0.4, -0.2) is 19.9 Å². The maximum absolute atomic E-state index is 10.9. The van der Waals surface area contributed by atoms with E-state index in [4.69, 9.17) is 11.6 Å². The summed E-state index contributed by atoms with van der Waals surface area (Å²) in [7, 11) is 1.94. The van der Waals surface area contributed by atoms with E-state index in [9.17, 15) is 4.79 Å². The maximum atomic E-state index is 10.9. The Morgan fingerprint density at radius 1 is 1.50 bits per heavy atom. The lowest BCUT2D eigenvalue weighted by molar-refractivity contribution is 0.112. The van der Waals surface area contributed by atoms with Gasteiger partial charge in [-0.2, -0.15) is 0 Å². The van der Waals surface area contributed by atoms with Crippen molar-refractivity contribution in [3.63, 3.8) is 0 Å². The molecular weight excluding hydrogens is 222 g/mol. The van der Waals surface area contributed by atoms with Crippen molar-refractivity contribution >= 4 is 23.6 Å². The molecule has 0 aliphatic carbocycles. The van der Waals surface area contributed by atoms with Crippen LogP contribution in [0.5, 0.6) is 0 Å². The van der Waals surface area contributed by atoms with E-state index in [1.807, 2.05) is 18.0 Å². The number of benzene rings is 1. The molecule has 0 amide bonds. The first kappa shape index (κ1) is 12.8. The molecule has 0 saturated carbocycles. The third-order valence-corrected chi connectivity index (χ3v) is 2.73. The highest BCUT2D eigenvalue weighted by molar-refractivity contribution is 6.33. The van der Waals surface area contributed by atoms with Gasteiger partial charge in [-0.25, -0.2) is 0 Å². The predicted octanol–water partition coefficient (Wildman–Crippen LogP) is 3.55.